The zero-order chi connectivity index (χ0) is 19.8. The number of ether oxygens (including phenoxy) is 1. The van der Waals surface area contributed by atoms with E-state index >= 15 is 0 Å². The standard InChI is InChI=1S/C19H18BrNO5S/c1-3-26-18(23)19(11-16(22)13-5-4-6-14(20)10-13)15-9-12(2)7-8-17(15)27(24,25)21-19/h4-10,21H,3,11H2,1-2H3/t19-/m0/s1. The highest BCUT2D eigenvalue weighted by Gasteiger charge is 2.54. The number of carbonyl (C=O) groups is 2. The van der Waals surface area contributed by atoms with Gasteiger partial charge in [0, 0.05) is 22.0 Å². The fourth-order valence-electron chi connectivity index (χ4n) is 3.17. The summed E-state index contributed by atoms with van der Waals surface area (Å²) >= 11 is 3.31. The first-order valence-corrected chi connectivity index (χ1v) is 10.6. The van der Waals surface area contributed by atoms with Gasteiger partial charge in [0.15, 0.2) is 11.3 Å². The number of hydrogen-bond donors (Lipinski definition) is 1. The molecule has 6 nitrogen and oxygen atoms in total. The fourth-order valence-corrected chi connectivity index (χ4v) is 5.17. The van der Waals surface area contributed by atoms with Crippen molar-refractivity contribution in [1.82, 2.24) is 4.72 Å². The maximum atomic E-state index is 12.9. The van der Waals surface area contributed by atoms with E-state index in [-0.39, 0.29) is 29.3 Å². The van der Waals surface area contributed by atoms with Crippen LogP contribution in [0.15, 0.2) is 51.8 Å². The quantitative estimate of drug-likeness (QED) is 0.557. The summed E-state index contributed by atoms with van der Waals surface area (Å²) in [5, 5.41) is 0. The number of sulfonamides is 1. The Morgan fingerprint density at radius 2 is 1.93 bits per heavy atom. The third-order valence-electron chi connectivity index (χ3n) is 4.39. The number of esters is 1. The van der Waals surface area contributed by atoms with Crippen molar-refractivity contribution in [2.45, 2.75) is 30.7 Å². The molecule has 0 saturated carbocycles. The van der Waals surface area contributed by atoms with E-state index in [2.05, 4.69) is 20.7 Å². The summed E-state index contributed by atoms with van der Waals surface area (Å²) in [6, 6.07) is 11.4. The van der Waals surface area contributed by atoms with E-state index < -0.39 is 21.5 Å². The summed E-state index contributed by atoms with van der Waals surface area (Å²) in [7, 11) is -3.94. The topological polar surface area (TPSA) is 89.5 Å². The Morgan fingerprint density at radius 3 is 2.59 bits per heavy atom. The summed E-state index contributed by atoms with van der Waals surface area (Å²) in [4.78, 5) is 25.8. The number of rotatable bonds is 5. The second-order valence-corrected chi connectivity index (χ2v) is 8.91. The molecule has 0 radical (unpaired) electrons. The molecule has 0 bridgehead atoms. The minimum Gasteiger partial charge on any atom is -0.464 e. The summed E-state index contributed by atoms with van der Waals surface area (Å²) in [6.07, 6.45) is -0.377. The highest BCUT2D eigenvalue weighted by atomic mass is 79.9. The molecule has 3 rings (SSSR count). The number of aryl methyl sites for hydroxylation is 1. The lowest BCUT2D eigenvalue weighted by atomic mass is 9.84. The molecule has 8 heteroatoms. The van der Waals surface area contributed by atoms with Gasteiger partial charge in [-0.1, -0.05) is 45.8 Å². The summed E-state index contributed by atoms with van der Waals surface area (Å²) in [5.41, 5.74) is -0.399. The van der Waals surface area contributed by atoms with Gasteiger partial charge in [-0.3, -0.25) is 4.79 Å². The molecule has 0 spiro atoms. The van der Waals surface area contributed by atoms with Crippen molar-refractivity contribution in [3.8, 4) is 0 Å². The van der Waals surface area contributed by atoms with Crippen molar-refractivity contribution in [3.05, 3.63) is 63.6 Å². The molecule has 142 valence electrons. The molecule has 0 aromatic heterocycles. The van der Waals surface area contributed by atoms with E-state index in [9.17, 15) is 18.0 Å². The van der Waals surface area contributed by atoms with Crippen molar-refractivity contribution in [2.75, 3.05) is 6.61 Å². The van der Waals surface area contributed by atoms with E-state index in [1.807, 2.05) is 0 Å². The number of nitrogens with one attached hydrogen (secondary N) is 1. The smallest absolute Gasteiger partial charge is 0.332 e. The maximum absolute atomic E-state index is 12.9. The van der Waals surface area contributed by atoms with Gasteiger partial charge >= 0.3 is 5.97 Å². The first-order chi connectivity index (χ1) is 12.7. The Bertz CT molecular complexity index is 1030. The van der Waals surface area contributed by atoms with Crippen LogP contribution in [0.3, 0.4) is 0 Å². The van der Waals surface area contributed by atoms with Crippen LogP contribution in [-0.2, 0) is 25.1 Å². The van der Waals surface area contributed by atoms with Crippen LogP contribution in [0, 0.1) is 6.92 Å². The largest absolute Gasteiger partial charge is 0.464 e. The Morgan fingerprint density at radius 1 is 1.19 bits per heavy atom. The van der Waals surface area contributed by atoms with Gasteiger partial charge in [0.1, 0.15) is 0 Å². The normalized spacial score (nSPS) is 20.1. The summed E-state index contributed by atoms with van der Waals surface area (Å²) in [5.74, 6) is -1.16. The van der Waals surface area contributed by atoms with E-state index in [4.69, 9.17) is 4.74 Å². The predicted molar refractivity (Wildman–Crippen MR) is 103 cm³/mol. The Hall–Kier alpha value is -2.03. The number of ketones is 1. The van der Waals surface area contributed by atoms with Gasteiger partial charge in [-0.2, -0.15) is 4.72 Å². The van der Waals surface area contributed by atoms with E-state index in [0.29, 0.717) is 10.0 Å². The molecule has 0 unspecified atom stereocenters. The lowest BCUT2D eigenvalue weighted by Crippen LogP contribution is -2.49. The molecular formula is C19H18BrNO5S. The number of benzene rings is 2. The minimum atomic E-state index is -3.94. The second-order valence-electron chi connectivity index (χ2n) is 6.34. The third-order valence-corrected chi connectivity index (χ3v) is 6.43. The number of fused-ring (bicyclic) bond motifs is 1. The zero-order valence-electron chi connectivity index (χ0n) is 14.8. The SMILES string of the molecule is CCOC(=O)[C@@]1(CC(=O)c2cccc(Br)c2)NS(=O)(=O)c2ccc(C)cc21. The monoisotopic (exact) mass is 451 g/mol. The van der Waals surface area contributed by atoms with Gasteiger partial charge in [-0.05, 0) is 32.0 Å². The Balaban J connectivity index is 2.14. The van der Waals surface area contributed by atoms with Gasteiger partial charge in [0.05, 0.1) is 11.5 Å². The number of Topliss-reactive ketones (excluding diaryl/α,β-unsaturated/α-hetero) is 1. The van der Waals surface area contributed by atoms with Gasteiger partial charge in [0.25, 0.3) is 0 Å². The van der Waals surface area contributed by atoms with Gasteiger partial charge in [0.2, 0.25) is 10.0 Å². The first-order valence-electron chi connectivity index (χ1n) is 8.31. The molecule has 0 amide bonds. The fraction of sp³-hybridized carbons (Fsp3) is 0.263. The molecule has 27 heavy (non-hydrogen) atoms. The second kappa shape index (κ2) is 7.18. The van der Waals surface area contributed by atoms with Crippen LogP contribution < -0.4 is 4.72 Å². The van der Waals surface area contributed by atoms with Crippen LogP contribution in [0.25, 0.3) is 0 Å². The van der Waals surface area contributed by atoms with Crippen LogP contribution in [0.4, 0.5) is 0 Å². The molecule has 1 atom stereocenters. The lowest BCUT2D eigenvalue weighted by molar-refractivity contribution is -0.150. The van der Waals surface area contributed by atoms with E-state index in [1.54, 1.807) is 50.2 Å². The molecule has 1 N–H and O–H groups in total. The first kappa shape index (κ1) is 19.7. The van der Waals surface area contributed by atoms with Crippen LogP contribution in [-0.4, -0.2) is 26.8 Å². The summed E-state index contributed by atoms with van der Waals surface area (Å²) < 4.78 is 33.5. The van der Waals surface area contributed by atoms with Gasteiger partial charge < -0.3 is 4.74 Å². The molecule has 0 fully saturated rings. The average Bonchev–Trinajstić information content (AvgIpc) is 2.82. The molecule has 1 aliphatic heterocycles. The summed E-state index contributed by atoms with van der Waals surface area (Å²) in [6.45, 7) is 3.48. The van der Waals surface area contributed by atoms with Crippen LogP contribution in [0.2, 0.25) is 0 Å². The molecule has 1 heterocycles. The minimum absolute atomic E-state index is 0.0109. The third kappa shape index (κ3) is 3.56. The van der Waals surface area contributed by atoms with Crippen molar-refractivity contribution in [2.24, 2.45) is 0 Å². The van der Waals surface area contributed by atoms with Crippen molar-refractivity contribution in [1.29, 1.82) is 0 Å². The van der Waals surface area contributed by atoms with E-state index in [1.165, 1.54) is 6.07 Å². The maximum Gasteiger partial charge on any atom is 0.332 e. The molecule has 0 saturated heterocycles. The number of hydrogen-bond acceptors (Lipinski definition) is 5. The molecule has 0 aliphatic carbocycles. The van der Waals surface area contributed by atoms with Crippen LogP contribution in [0.5, 0.6) is 0 Å². The molecule has 2 aromatic carbocycles. The number of carbonyl (C=O) groups excluding carboxylic acids is 2. The van der Waals surface area contributed by atoms with Crippen molar-refractivity contribution in [3.63, 3.8) is 0 Å². The number of halogens is 1. The Kier molecular flexibility index (Phi) is 5.24. The van der Waals surface area contributed by atoms with Crippen molar-refractivity contribution < 1.29 is 22.7 Å². The highest BCUT2D eigenvalue weighted by Crippen LogP contribution is 2.40. The highest BCUT2D eigenvalue weighted by molar-refractivity contribution is 9.10. The van der Waals surface area contributed by atoms with Crippen LogP contribution >= 0.6 is 15.9 Å². The van der Waals surface area contributed by atoms with Crippen LogP contribution in [0.1, 0.15) is 34.8 Å². The lowest BCUT2D eigenvalue weighted by Gasteiger charge is -2.26. The van der Waals surface area contributed by atoms with E-state index in [0.717, 1.165) is 5.56 Å². The van der Waals surface area contributed by atoms with Gasteiger partial charge in [-0.25, -0.2) is 13.2 Å². The van der Waals surface area contributed by atoms with Crippen molar-refractivity contribution >= 4 is 37.7 Å². The predicted octanol–water partition coefficient (Wildman–Crippen LogP) is 3.08. The zero-order valence-corrected chi connectivity index (χ0v) is 17.2. The molecule has 1 aliphatic rings. The average molecular weight is 452 g/mol. The molecular weight excluding hydrogens is 434 g/mol. The Labute approximate surface area is 166 Å². The molecule has 2 aromatic rings. The van der Waals surface area contributed by atoms with Gasteiger partial charge in [-0.15, -0.1) is 0 Å².